The first kappa shape index (κ1) is 35.7. The lowest BCUT2D eigenvalue weighted by molar-refractivity contribution is -0.301. The van der Waals surface area contributed by atoms with Crippen LogP contribution in [0.5, 0.6) is 0 Å². The van der Waals surface area contributed by atoms with Gasteiger partial charge in [-0.25, -0.2) is 0 Å². The number of methoxy groups -OCH3 is 1. The minimum absolute atomic E-state index is 0.00835. The number of carbonyl (C=O) groups is 4. The fourth-order valence-electron chi connectivity index (χ4n) is 6.46. The van der Waals surface area contributed by atoms with Gasteiger partial charge in [0.2, 0.25) is 5.91 Å². The molecule has 0 bridgehead atoms. The third kappa shape index (κ3) is 8.03. The van der Waals surface area contributed by atoms with E-state index in [0.29, 0.717) is 12.0 Å². The summed E-state index contributed by atoms with van der Waals surface area (Å²) < 4.78 is 41.2. The Hall–Kier alpha value is -3.16. The van der Waals surface area contributed by atoms with E-state index in [1.165, 1.54) is 21.0 Å². The highest BCUT2D eigenvalue weighted by Gasteiger charge is 2.55. The average Bonchev–Trinajstić information content (AvgIpc) is 2.99. The number of nitrogens with one attached hydrogen (secondary N) is 1. The van der Waals surface area contributed by atoms with Gasteiger partial charge in [0.25, 0.3) is 0 Å². The number of hydrogen-bond acceptors (Lipinski definition) is 11. The minimum Gasteiger partial charge on any atom is -0.462 e. The van der Waals surface area contributed by atoms with Crippen molar-refractivity contribution in [3.05, 3.63) is 48.0 Å². The maximum absolute atomic E-state index is 14.3. The van der Waals surface area contributed by atoms with E-state index in [2.05, 4.69) is 11.9 Å². The number of Topliss-reactive ketones (excluding diaryl/α,β-unsaturated/α-hetero) is 1. The van der Waals surface area contributed by atoms with Crippen LogP contribution in [0.1, 0.15) is 71.2 Å². The summed E-state index contributed by atoms with van der Waals surface area (Å²) in [6, 6.07) is 8.52. The molecule has 3 aliphatic rings. The highest BCUT2D eigenvalue weighted by atomic mass is 16.7. The Morgan fingerprint density at radius 3 is 2.37 bits per heavy atom. The minimum atomic E-state index is -1.61. The van der Waals surface area contributed by atoms with Crippen LogP contribution in [0.3, 0.4) is 0 Å². The van der Waals surface area contributed by atoms with E-state index < -0.39 is 71.4 Å². The van der Waals surface area contributed by atoms with Crippen molar-refractivity contribution in [1.82, 2.24) is 5.32 Å². The van der Waals surface area contributed by atoms with Crippen LogP contribution in [-0.2, 0) is 47.5 Å². The van der Waals surface area contributed by atoms with Gasteiger partial charge in [-0.2, -0.15) is 0 Å². The summed E-state index contributed by atoms with van der Waals surface area (Å²) in [7, 11) is 1.42. The highest BCUT2D eigenvalue weighted by molar-refractivity contribution is 6.11. The molecule has 0 saturated carbocycles. The summed E-state index contributed by atoms with van der Waals surface area (Å²) in [5.74, 6) is -5.19. The lowest BCUT2D eigenvalue weighted by Gasteiger charge is -2.51. The van der Waals surface area contributed by atoms with Crippen molar-refractivity contribution in [2.24, 2.45) is 17.3 Å². The Kier molecular flexibility index (Phi) is 11.4. The molecule has 1 aromatic rings. The molecular formula is C34H47NO11. The van der Waals surface area contributed by atoms with Gasteiger partial charge in [-0.15, -0.1) is 0 Å². The molecule has 1 aromatic carbocycles. The maximum Gasteiger partial charge on any atom is 0.303 e. The Balaban J connectivity index is 1.61. The zero-order valence-electron chi connectivity index (χ0n) is 27.7. The van der Waals surface area contributed by atoms with Crippen molar-refractivity contribution >= 4 is 23.6 Å². The van der Waals surface area contributed by atoms with E-state index in [1.54, 1.807) is 30.3 Å². The molecule has 4 rings (SSSR count). The second-order valence-corrected chi connectivity index (χ2v) is 13.1. The summed E-state index contributed by atoms with van der Waals surface area (Å²) in [5, 5.41) is 2.91. The van der Waals surface area contributed by atoms with Crippen molar-refractivity contribution in [3.8, 4) is 0 Å². The van der Waals surface area contributed by atoms with Gasteiger partial charge in [0.15, 0.2) is 23.7 Å². The van der Waals surface area contributed by atoms with Crippen LogP contribution in [-0.4, -0.2) is 86.7 Å². The molecule has 46 heavy (non-hydrogen) atoms. The summed E-state index contributed by atoms with van der Waals surface area (Å²) in [6.07, 6.45) is -2.94. The van der Waals surface area contributed by atoms with E-state index in [0.717, 1.165) is 5.57 Å². The number of rotatable bonds is 11. The first-order valence-corrected chi connectivity index (χ1v) is 15.7. The van der Waals surface area contributed by atoms with Crippen LogP contribution >= 0.6 is 0 Å². The van der Waals surface area contributed by atoms with Crippen LogP contribution < -0.4 is 5.32 Å². The first-order valence-electron chi connectivity index (χ1n) is 15.7. The summed E-state index contributed by atoms with van der Waals surface area (Å²) in [5.41, 5.74) is 0.681. The van der Waals surface area contributed by atoms with Gasteiger partial charge >= 0.3 is 11.9 Å². The number of esters is 2. The van der Waals surface area contributed by atoms with Crippen molar-refractivity contribution in [2.45, 2.75) is 103 Å². The van der Waals surface area contributed by atoms with E-state index in [-0.39, 0.29) is 38.3 Å². The third-order valence-electron chi connectivity index (χ3n) is 9.26. The van der Waals surface area contributed by atoms with Gasteiger partial charge in [0, 0.05) is 45.3 Å². The maximum atomic E-state index is 14.3. The van der Waals surface area contributed by atoms with Gasteiger partial charge in [-0.05, 0) is 18.8 Å². The molecule has 0 aromatic heterocycles. The molecule has 3 saturated heterocycles. The normalized spacial score (nSPS) is 31.9. The Bertz CT molecular complexity index is 1280. The first-order chi connectivity index (χ1) is 21.7. The third-order valence-corrected chi connectivity index (χ3v) is 9.26. The Labute approximate surface area is 270 Å². The molecule has 254 valence electrons. The van der Waals surface area contributed by atoms with E-state index in [9.17, 15) is 19.2 Å². The molecule has 0 unspecified atom stereocenters. The van der Waals surface area contributed by atoms with Gasteiger partial charge in [-0.3, -0.25) is 19.2 Å². The zero-order valence-corrected chi connectivity index (χ0v) is 27.7. The zero-order chi connectivity index (χ0) is 33.8. The summed E-state index contributed by atoms with van der Waals surface area (Å²) >= 11 is 0. The Morgan fingerprint density at radius 2 is 1.76 bits per heavy atom. The smallest absolute Gasteiger partial charge is 0.303 e. The van der Waals surface area contributed by atoms with Crippen LogP contribution in [0.15, 0.2) is 42.5 Å². The predicted octanol–water partition coefficient (Wildman–Crippen LogP) is 3.71. The molecule has 3 aliphatic heterocycles. The van der Waals surface area contributed by atoms with Crippen LogP contribution in [0.4, 0.5) is 0 Å². The predicted molar refractivity (Wildman–Crippen MR) is 164 cm³/mol. The van der Waals surface area contributed by atoms with Crippen molar-refractivity contribution in [1.29, 1.82) is 0 Å². The largest absolute Gasteiger partial charge is 0.462 e. The fourth-order valence-corrected chi connectivity index (χ4v) is 6.46. The second-order valence-electron chi connectivity index (χ2n) is 13.1. The molecule has 9 atom stereocenters. The quantitative estimate of drug-likeness (QED) is 0.163. The SMILES string of the molecule is C=C1C[C@](OC)([C@H](C(=O)N[C@@H]2OCO[C@@H]3CC(C)(C)[C@@H](C[C@@H](COC(C)=O)OC(C)=O)O[C@H]23)C(=O)c2ccccc2)O[C@H](C)[C@@H]1C. The summed E-state index contributed by atoms with van der Waals surface area (Å²) in [4.78, 5) is 51.7. The molecule has 12 nitrogen and oxygen atoms in total. The molecule has 12 heteroatoms. The van der Waals surface area contributed by atoms with Gasteiger partial charge in [0.05, 0.1) is 18.3 Å². The van der Waals surface area contributed by atoms with E-state index in [4.69, 9.17) is 33.2 Å². The molecule has 1 N–H and O–H groups in total. The lowest BCUT2D eigenvalue weighted by Crippen LogP contribution is -2.65. The van der Waals surface area contributed by atoms with Gasteiger partial charge in [0.1, 0.15) is 25.6 Å². The molecule has 3 heterocycles. The van der Waals surface area contributed by atoms with E-state index >= 15 is 0 Å². The second kappa shape index (κ2) is 14.7. The standard InChI is InChI=1S/C34H47NO11/c1-19-15-34(40-8,46-21(3)20(19)2)28(29(38)24-12-10-9-11-13-24)31(39)35-32-30-26(42-18-43-32)16-33(6,7)27(45-30)14-25(44-23(5)37)17-41-22(4)36/h9-13,20-21,25-28,30,32H,1,14-18H2,2-8H3,(H,35,39)/t20-,21-,25+,26-,27-,28+,30+,32-,34-/m1/s1. The van der Waals surface area contributed by atoms with Crippen LogP contribution in [0, 0.1) is 17.3 Å². The van der Waals surface area contributed by atoms with Crippen LogP contribution in [0.2, 0.25) is 0 Å². The molecule has 0 aliphatic carbocycles. The number of hydrogen-bond donors (Lipinski definition) is 1. The monoisotopic (exact) mass is 645 g/mol. The number of benzene rings is 1. The lowest BCUT2D eigenvalue weighted by atomic mass is 9.75. The Morgan fingerprint density at radius 1 is 1.07 bits per heavy atom. The van der Waals surface area contributed by atoms with Crippen molar-refractivity contribution in [3.63, 3.8) is 0 Å². The number of carbonyl (C=O) groups excluding carboxylic acids is 4. The van der Waals surface area contributed by atoms with Gasteiger partial charge < -0.3 is 38.5 Å². The number of amides is 1. The fraction of sp³-hybridized carbons (Fsp3) is 0.647. The number of ketones is 1. The molecule has 3 fully saturated rings. The molecule has 0 spiro atoms. The number of fused-ring (bicyclic) bond motifs is 1. The summed E-state index contributed by atoms with van der Waals surface area (Å²) in [6.45, 7) is 14.4. The van der Waals surface area contributed by atoms with E-state index in [1.807, 2.05) is 27.7 Å². The number of ether oxygens (including phenoxy) is 7. The molecule has 1 amide bonds. The van der Waals surface area contributed by atoms with Gasteiger partial charge in [-0.1, -0.05) is 63.3 Å². The van der Waals surface area contributed by atoms with Crippen molar-refractivity contribution < 1.29 is 52.3 Å². The van der Waals surface area contributed by atoms with Crippen LogP contribution in [0.25, 0.3) is 0 Å². The molecular weight excluding hydrogens is 598 g/mol. The highest BCUT2D eigenvalue weighted by Crippen LogP contribution is 2.44. The molecule has 0 radical (unpaired) electrons. The van der Waals surface area contributed by atoms with Crippen molar-refractivity contribution in [2.75, 3.05) is 20.5 Å². The topological polar surface area (TPSA) is 145 Å². The average molecular weight is 646 g/mol.